The Bertz CT molecular complexity index is 789. The van der Waals surface area contributed by atoms with E-state index in [0.29, 0.717) is 31.7 Å². The summed E-state index contributed by atoms with van der Waals surface area (Å²) in [6, 6.07) is 9.15. The molecule has 1 aromatic carbocycles. The van der Waals surface area contributed by atoms with E-state index in [4.69, 9.17) is 19.3 Å². The molecule has 1 fully saturated rings. The number of esters is 1. The van der Waals surface area contributed by atoms with Gasteiger partial charge in [0.2, 0.25) is 0 Å². The molecule has 1 aromatic rings. The van der Waals surface area contributed by atoms with E-state index in [2.05, 4.69) is 44.0 Å². The van der Waals surface area contributed by atoms with E-state index >= 15 is 0 Å². The van der Waals surface area contributed by atoms with Gasteiger partial charge in [0.15, 0.2) is 0 Å². The first-order valence-electron chi connectivity index (χ1n) is 12.9. The first kappa shape index (κ1) is 29.0. The second-order valence-corrected chi connectivity index (χ2v) is 9.79. The molecule has 0 spiro atoms. The molecule has 1 atom stereocenters. The molecule has 35 heavy (non-hydrogen) atoms. The molecule has 2 rings (SSSR count). The zero-order chi connectivity index (χ0) is 25.5. The van der Waals surface area contributed by atoms with Crippen LogP contribution in [-0.2, 0) is 25.4 Å². The highest BCUT2D eigenvalue weighted by atomic mass is 16.5. The van der Waals surface area contributed by atoms with Crippen LogP contribution in [0.4, 0.5) is 0 Å². The summed E-state index contributed by atoms with van der Waals surface area (Å²) in [6.07, 6.45) is 11.0. The molecular weight excluding hydrogens is 440 g/mol. The minimum Gasteiger partial charge on any atom is -0.462 e. The van der Waals surface area contributed by atoms with Crippen LogP contribution in [0.5, 0.6) is 0 Å². The number of hydrogen-bond acceptors (Lipinski definition) is 5. The fourth-order valence-corrected chi connectivity index (χ4v) is 4.67. The molecule has 1 N–H and O–H groups in total. The fraction of sp³-hybridized carbons (Fsp3) is 0.567. The van der Waals surface area contributed by atoms with E-state index in [0.717, 1.165) is 31.3 Å². The predicted molar refractivity (Wildman–Crippen MR) is 141 cm³/mol. The largest absolute Gasteiger partial charge is 0.462 e. The van der Waals surface area contributed by atoms with Gasteiger partial charge < -0.3 is 19.3 Å². The highest BCUT2D eigenvalue weighted by molar-refractivity contribution is 5.87. The lowest BCUT2D eigenvalue weighted by molar-refractivity contribution is -0.141. The quantitative estimate of drug-likeness (QED) is 0.172. The Labute approximate surface area is 211 Å². The lowest BCUT2D eigenvalue weighted by atomic mass is 9.76. The van der Waals surface area contributed by atoms with Gasteiger partial charge in [0.25, 0.3) is 0 Å². The van der Waals surface area contributed by atoms with Crippen LogP contribution >= 0.6 is 0 Å². The summed E-state index contributed by atoms with van der Waals surface area (Å²) in [4.78, 5) is 11.9. The summed E-state index contributed by atoms with van der Waals surface area (Å²) in [7, 11) is 1.63. The minimum absolute atomic E-state index is 0.0743. The highest BCUT2D eigenvalue weighted by Gasteiger charge is 2.24. The Hall–Kier alpha value is -2.21. The van der Waals surface area contributed by atoms with Crippen LogP contribution in [0.15, 0.2) is 61.2 Å². The topological polar surface area (TPSA) is 65.0 Å². The number of aryl methyl sites for hydroxylation is 1. The first-order chi connectivity index (χ1) is 17.0. The molecule has 194 valence electrons. The number of aliphatic hydroxyl groups is 1. The summed E-state index contributed by atoms with van der Waals surface area (Å²) in [5, 5.41) is 9.10. The van der Waals surface area contributed by atoms with Crippen molar-refractivity contribution >= 4 is 5.97 Å². The normalized spacial score (nSPS) is 18.6. The number of methoxy groups -OCH3 is 1. The van der Waals surface area contributed by atoms with Gasteiger partial charge >= 0.3 is 5.97 Å². The third-order valence-corrected chi connectivity index (χ3v) is 6.86. The smallest absolute Gasteiger partial charge is 0.335 e. The van der Waals surface area contributed by atoms with Crippen LogP contribution < -0.4 is 0 Å². The number of aliphatic hydroxyl groups excluding tert-OH is 1. The number of benzene rings is 1. The van der Waals surface area contributed by atoms with Crippen molar-refractivity contribution in [1.29, 1.82) is 0 Å². The van der Waals surface area contributed by atoms with Crippen LogP contribution in [0.3, 0.4) is 0 Å². The maximum atomic E-state index is 11.9. The Morgan fingerprint density at radius 1 is 1.11 bits per heavy atom. The summed E-state index contributed by atoms with van der Waals surface area (Å²) in [6.45, 7) is 12.6. The third-order valence-electron chi connectivity index (χ3n) is 6.86. The van der Waals surface area contributed by atoms with Crippen LogP contribution in [0.25, 0.3) is 0 Å². The van der Waals surface area contributed by atoms with E-state index in [1.807, 2.05) is 6.08 Å². The number of ether oxygens (including phenoxy) is 3. The lowest BCUT2D eigenvalue weighted by Gasteiger charge is -2.30. The van der Waals surface area contributed by atoms with Gasteiger partial charge in [-0.05, 0) is 79.9 Å². The van der Waals surface area contributed by atoms with E-state index in [1.165, 1.54) is 36.8 Å². The fourth-order valence-electron chi connectivity index (χ4n) is 4.67. The van der Waals surface area contributed by atoms with Crippen molar-refractivity contribution in [3.63, 3.8) is 0 Å². The van der Waals surface area contributed by atoms with Crippen molar-refractivity contribution in [2.45, 2.75) is 57.3 Å². The molecule has 0 bridgehead atoms. The molecule has 0 aliphatic heterocycles. The zero-order valence-corrected chi connectivity index (χ0v) is 21.5. The van der Waals surface area contributed by atoms with Crippen molar-refractivity contribution in [2.75, 3.05) is 40.1 Å². The van der Waals surface area contributed by atoms with Crippen molar-refractivity contribution in [2.24, 2.45) is 11.8 Å². The monoisotopic (exact) mass is 484 g/mol. The first-order valence-corrected chi connectivity index (χ1v) is 12.9. The average molecular weight is 485 g/mol. The number of carbonyl (C=O) groups excluding carboxylic acids is 1. The van der Waals surface area contributed by atoms with E-state index in [-0.39, 0.29) is 18.1 Å². The van der Waals surface area contributed by atoms with Gasteiger partial charge in [0.05, 0.1) is 38.6 Å². The molecule has 1 aliphatic rings. The van der Waals surface area contributed by atoms with E-state index in [1.54, 1.807) is 7.11 Å². The molecule has 0 radical (unpaired) electrons. The third kappa shape index (κ3) is 10.9. The van der Waals surface area contributed by atoms with Crippen LogP contribution in [0.1, 0.15) is 62.0 Å². The van der Waals surface area contributed by atoms with Crippen molar-refractivity contribution in [3.05, 3.63) is 72.4 Å². The predicted octanol–water partition coefficient (Wildman–Crippen LogP) is 5.79. The van der Waals surface area contributed by atoms with Crippen LogP contribution in [0.2, 0.25) is 0 Å². The molecule has 5 nitrogen and oxygen atoms in total. The molecule has 0 saturated heterocycles. The van der Waals surface area contributed by atoms with Crippen LogP contribution in [-0.4, -0.2) is 51.2 Å². The van der Waals surface area contributed by atoms with Gasteiger partial charge in [-0.3, -0.25) is 0 Å². The molecule has 0 aromatic heterocycles. The van der Waals surface area contributed by atoms with Crippen LogP contribution in [0, 0.1) is 11.8 Å². The summed E-state index contributed by atoms with van der Waals surface area (Å²) in [5.74, 6) is 0.891. The highest BCUT2D eigenvalue weighted by Crippen LogP contribution is 2.38. The number of carbonyl (C=O) groups is 1. The summed E-state index contributed by atoms with van der Waals surface area (Å²) in [5.41, 5.74) is 3.79. The number of hydrogen-bond donors (Lipinski definition) is 1. The number of rotatable bonds is 17. The second-order valence-electron chi connectivity index (χ2n) is 9.79. The maximum Gasteiger partial charge on any atom is 0.335 e. The van der Waals surface area contributed by atoms with Gasteiger partial charge in [0, 0.05) is 13.0 Å². The maximum absolute atomic E-state index is 11.9. The van der Waals surface area contributed by atoms with Gasteiger partial charge in [-0.25, -0.2) is 4.79 Å². The zero-order valence-electron chi connectivity index (χ0n) is 21.5. The standard InChI is InChI=1S/C30H44O5/c1-5-6-7-25-10-14-28(15-11-25)29-16-12-26(13-17-29)8-9-27(21-34-20-23(2)19-33-4)22-35-30(32)24(3)18-31/h5,10-11,14-15,26-27,29,31H,1-3,6-9,12-13,16-22H2,4H3. The molecule has 1 aliphatic carbocycles. The average Bonchev–Trinajstić information content (AvgIpc) is 2.88. The minimum atomic E-state index is -0.544. The van der Waals surface area contributed by atoms with Crippen molar-refractivity contribution in [1.82, 2.24) is 0 Å². The molecule has 0 heterocycles. The molecule has 1 saturated carbocycles. The SMILES string of the molecule is C=CCCc1ccc(C2CCC(CCC(COCC(=C)COC)COC(=O)C(=C)CO)CC2)cc1. The van der Waals surface area contributed by atoms with Gasteiger partial charge in [0.1, 0.15) is 0 Å². The van der Waals surface area contributed by atoms with E-state index < -0.39 is 12.6 Å². The lowest BCUT2D eigenvalue weighted by Crippen LogP contribution is -2.22. The van der Waals surface area contributed by atoms with E-state index in [9.17, 15) is 4.79 Å². The molecule has 1 unspecified atom stereocenters. The molecule has 5 heteroatoms. The Morgan fingerprint density at radius 2 is 1.83 bits per heavy atom. The second kappa shape index (κ2) is 16.5. The summed E-state index contributed by atoms with van der Waals surface area (Å²) >= 11 is 0. The Kier molecular flexibility index (Phi) is 13.6. The Morgan fingerprint density at radius 3 is 2.46 bits per heavy atom. The molecular formula is C30H44O5. The van der Waals surface area contributed by atoms with Gasteiger partial charge in [-0.2, -0.15) is 0 Å². The summed E-state index contributed by atoms with van der Waals surface area (Å²) < 4.78 is 16.3. The van der Waals surface area contributed by atoms with Gasteiger partial charge in [-0.1, -0.05) is 43.5 Å². The molecule has 0 amide bonds. The van der Waals surface area contributed by atoms with Crippen molar-refractivity contribution < 1.29 is 24.1 Å². The Balaban J connectivity index is 1.80. The van der Waals surface area contributed by atoms with Crippen molar-refractivity contribution in [3.8, 4) is 0 Å². The number of allylic oxidation sites excluding steroid dienone is 1. The van der Waals surface area contributed by atoms with Gasteiger partial charge in [-0.15, -0.1) is 6.58 Å².